The van der Waals surface area contributed by atoms with E-state index in [-0.39, 0.29) is 11.8 Å². The number of carbonyl (C=O) groups excluding carboxylic acids is 1. The van der Waals surface area contributed by atoms with E-state index in [2.05, 4.69) is 15.0 Å². The molecular weight excluding hydrogens is 378 g/mol. The molecule has 1 atom stereocenters. The highest BCUT2D eigenvalue weighted by Gasteiger charge is 2.31. The van der Waals surface area contributed by atoms with Gasteiger partial charge in [0.2, 0.25) is 5.91 Å². The van der Waals surface area contributed by atoms with Gasteiger partial charge in [0.05, 0.1) is 12.5 Å². The number of benzene rings is 1. The topological polar surface area (TPSA) is 63.5 Å². The average Bonchev–Trinajstić information content (AvgIpc) is 3.17. The number of aromatic nitrogens is 3. The van der Waals surface area contributed by atoms with Gasteiger partial charge in [0, 0.05) is 44.2 Å². The molecule has 1 amide bonds. The molecule has 8 heteroatoms. The first-order chi connectivity index (χ1) is 13.6. The third-order valence-electron chi connectivity index (χ3n) is 5.64. The van der Waals surface area contributed by atoms with Gasteiger partial charge in [-0.15, -0.1) is 0 Å². The summed E-state index contributed by atoms with van der Waals surface area (Å²) in [6.45, 7) is 7.47. The Kier molecular flexibility index (Phi) is 5.82. The van der Waals surface area contributed by atoms with E-state index in [1.165, 1.54) is 0 Å². The Morgan fingerprint density at radius 1 is 1.29 bits per heavy atom. The van der Waals surface area contributed by atoms with Crippen LogP contribution in [-0.4, -0.2) is 69.8 Å². The maximum Gasteiger partial charge on any atom is 0.227 e. The minimum Gasteiger partial charge on any atom is -0.492 e. The SMILES string of the molecule is Cc1cc(Cl)ccc1OCCN1CCN(C(=O)C2CCc3ncnn3C2)CC1. The number of nitrogens with zero attached hydrogens (tertiary/aromatic N) is 5. The molecule has 7 nitrogen and oxygen atoms in total. The summed E-state index contributed by atoms with van der Waals surface area (Å²) in [5.74, 6) is 2.15. The van der Waals surface area contributed by atoms with Crippen molar-refractivity contribution < 1.29 is 9.53 Å². The van der Waals surface area contributed by atoms with Crippen LogP contribution in [0.25, 0.3) is 0 Å². The van der Waals surface area contributed by atoms with Crippen LogP contribution in [0, 0.1) is 12.8 Å². The number of carbonyl (C=O) groups is 1. The first-order valence-electron chi connectivity index (χ1n) is 9.87. The molecule has 0 bridgehead atoms. The van der Waals surface area contributed by atoms with Gasteiger partial charge in [-0.05, 0) is 37.1 Å². The Bertz CT molecular complexity index is 832. The van der Waals surface area contributed by atoms with Crippen molar-refractivity contribution in [3.8, 4) is 5.75 Å². The van der Waals surface area contributed by atoms with Gasteiger partial charge < -0.3 is 9.64 Å². The Morgan fingerprint density at radius 2 is 2.11 bits per heavy atom. The Balaban J connectivity index is 1.21. The van der Waals surface area contributed by atoms with Gasteiger partial charge in [-0.1, -0.05) is 11.6 Å². The normalized spacial score (nSPS) is 20.1. The number of amides is 1. The summed E-state index contributed by atoms with van der Waals surface area (Å²) in [6, 6.07) is 5.68. The number of rotatable bonds is 5. The lowest BCUT2D eigenvalue weighted by molar-refractivity contribution is -0.138. The minimum atomic E-state index is 0.0250. The summed E-state index contributed by atoms with van der Waals surface area (Å²) >= 11 is 5.98. The van der Waals surface area contributed by atoms with Crippen molar-refractivity contribution in [2.24, 2.45) is 5.92 Å². The maximum atomic E-state index is 12.9. The number of piperazine rings is 1. The van der Waals surface area contributed by atoms with Crippen molar-refractivity contribution in [2.45, 2.75) is 26.3 Å². The second-order valence-corrected chi connectivity index (χ2v) is 7.96. The molecule has 1 saturated heterocycles. The number of aryl methyl sites for hydroxylation is 2. The van der Waals surface area contributed by atoms with Crippen molar-refractivity contribution in [1.29, 1.82) is 0 Å². The number of hydrogen-bond acceptors (Lipinski definition) is 5. The van der Waals surface area contributed by atoms with Crippen molar-refractivity contribution in [2.75, 3.05) is 39.3 Å². The zero-order valence-corrected chi connectivity index (χ0v) is 16.9. The molecule has 0 aliphatic carbocycles. The van der Waals surface area contributed by atoms with Crippen LogP contribution in [0.15, 0.2) is 24.5 Å². The van der Waals surface area contributed by atoms with E-state index >= 15 is 0 Å². The fourth-order valence-corrected chi connectivity index (χ4v) is 4.18. The van der Waals surface area contributed by atoms with Crippen LogP contribution >= 0.6 is 11.6 Å². The maximum absolute atomic E-state index is 12.9. The van der Waals surface area contributed by atoms with E-state index in [1.807, 2.05) is 34.7 Å². The Morgan fingerprint density at radius 3 is 2.89 bits per heavy atom. The van der Waals surface area contributed by atoms with Crippen molar-refractivity contribution in [3.05, 3.63) is 40.9 Å². The minimum absolute atomic E-state index is 0.0250. The number of hydrogen-bond donors (Lipinski definition) is 0. The van der Waals surface area contributed by atoms with Crippen LogP contribution < -0.4 is 4.74 Å². The monoisotopic (exact) mass is 403 g/mol. The lowest BCUT2D eigenvalue weighted by Crippen LogP contribution is -2.51. The number of ether oxygens (including phenoxy) is 1. The van der Waals surface area contributed by atoms with Crippen LogP contribution in [0.4, 0.5) is 0 Å². The molecule has 2 aliphatic heterocycles. The van der Waals surface area contributed by atoms with Crippen LogP contribution in [0.1, 0.15) is 17.8 Å². The molecule has 1 aromatic carbocycles. The van der Waals surface area contributed by atoms with Crippen molar-refractivity contribution in [1.82, 2.24) is 24.6 Å². The summed E-state index contributed by atoms with van der Waals surface area (Å²) < 4.78 is 7.77. The van der Waals surface area contributed by atoms with E-state index in [0.29, 0.717) is 13.2 Å². The molecule has 0 radical (unpaired) electrons. The van der Waals surface area contributed by atoms with Gasteiger partial charge in [0.25, 0.3) is 0 Å². The molecule has 0 saturated carbocycles. The first kappa shape index (κ1) is 19.2. The van der Waals surface area contributed by atoms with E-state index < -0.39 is 0 Å². The average molecular weight is 404 g/mol. The van der Waals surface area contributed by atoms with Gasteiger partial charge in [0.1, 0.15) is 24.5 Å². The van der Waals surface area contributed by atoms with Gasteiger partial charge >= 0.3 is 0 Å². The molecule has 0 N–H and O–H groups in total. The summed E-state index contributed by atoms with van der Waals surface area (Å²) in [5, 5.41) is 4.95. The molecule has 1 fully saturated rings. The van der Waals surface area contributed by atoms with Gasteiger partial charge in [-0.3, -0.25) is 9.69 Å². The van der Waals surface area contributed by atoms with E-state index in [1.54, 1.807) is 6.33 Å². The second kappa shape index (κ2) is 8.49. The van der Waals surface area contributed by atoms with E-state index in [0.717, 1.165) is 67.7 Å². The van der Waals surface area contributed by atoms with Crippen molar-refractivity contribution in [3.63, 3.8) is 0 Å². The quantitative estimate of drug-likeness (QED) is 0.764. The molecule has 1 aromatic heterocycles. The van der Waals surface area contributed by atoms with Crippen LogP contribution in [0.2, 0.25) is 5.02 Å². The summed E-state index contributed by atoms with van der Waals surface area (Å²) in [4.78, 5) is 21.5. The Hall–Kier alpha value is -2.12. The lowest BCUT2D eigenvalue weighted by Gasteiger charge is -2.37. The molecule has 3 heterocycles. The molecule has 28 heavy (non-hydrogen) atoms. The predicted molar refractivity (Wildman–Crippen MR) is 107 cm³/mol. The first-order valence-corrected chi connectivity index (χ1v) is 10.2. The predicted octanol–water partition coefficient (Wildman–Crippen LogP) is 2.03. The van der Waals surface area contributed by atoms with Gasteiger partial charge in [0.15, 0.2) is 0 Å². The van der Waals surface area contributed by atoms with Crippen LogP contribution in [0.3, 0.4) is 0 Å². The fraction of sp³-hybridized carbons (Fsp3) is 0.550. The van der Waals surface area contributed by atoms with Crippen LogP contribution in [0.5, 0.6) is 5.75 Å². The molecule has 2 aliphatic rings. The molecule has 0 spiro atoms. The third-order valence-corrected chi connectivity index (χ3v) is 5.88. The second-order valence-electron chi connectivity index (χ2n) is 7.52. The highest BCUT2D eigenvalue weighted by Crippen LogP contribution is 2.22. The summed E-state index contributed by atoms with van der Waals surface area (Å²) in [7, 11) is 0. The van der Waals surface area contributed by atoms with Crippen molar-refractivity contribution >= 4 is 17.5 Å². The molecular formula is C20H26ClN5O2. The zero-order chi connectivity index (χ0) is 19.5. The Labute approximate surface area is 170 Å². The molecule has 4 rings (SSSR count). The smallest absolute Gasteiger partial charge is 0.227 e. The standard InChI is InChI=1S/C20H26ClN5O2/c1-15-12-17(21)3-4-18(15)28-11-10-24-6-8-25(9-7-24)20(27)16-2-5-19-22-14-23-26(19)13-16/h3-4,12,14,16H,2,5-11,13H2,1H3. The van der Waals surface area contributed by atoms with Gasteiger partial charge in [-0.2, -0.15) is 5.10 Å². The van der Waals surface area contributed by atoms with E-state index in [9.17, 15) is 4.79 Å². The molecule has 1 unspecified atom stereocenters. The van der Waals surface area contributed by atoms with Crippen LogP contribution in [-0.2, 0) is 17.8 Å². The zero-order valence-electron chi connectivity index (χ0n) is 16.2. The summed E-state index contributed by atoms with van der Waals surface area (Å²) in [5.41, 5.74) is 1.05. The number of fused-ring (bicyclic) bond motifs is 1. The third kappa shape index (κ3) is 4.31. The highest BCUT2D eigenvalue weighted by atomic mass is 35.5. The largest absolute Gasteiger partial charge is 0.492 e. The highest BCUT2D eigenvalue weighted by molar-refractivity contribution is 6.30. The fourth-order valence-electron chi connectivity index (χ4n) is 3.95. The summed E-state index contributed by atoms with van der Waals surface area (Å²) in [6.07, 6.45) is 3.28. The number of halogens is 1. The van der Waals surface area contributed by atoms with E-state index in [4.69, 9.17) is 16.3 Å². The lowest BCUT2D eigenvalue weighted by atomic mass is 9.98. The molecule has 2 aromatic rings. The van der Waals surface area contributed by atoms with Gasteiger partial charge in [-0.25, -0.2) is 9.67 Å². The molecule has 150 valence electrons.